The van der Waals surface area contributed by atoms with Gasteiger partial charge in [-0.15, -0.1) is 0 Å². The van der Waals surface area contributed by atoms with Gasteiger partial charge in [-0.2, -0.15) is 0 Å². The van der Waals surface area contributed by atoms with E-state index in [1.54, 1.807) is 12.4 Å². The summed E-state index contributed by atoms with van der Waals surface area (Å²) in [4.78, 5) is 14.9. The number of aromatic nitrogens is 1. The Morgan fingerprint density at radius 1 is 1.85 bits per heavy atom. The highest BCUT2D eigenvalue weighted by Gasteiger charge is 2.13. The Morgan fingerprint density at radius 3 is 3.08 bits per heavy atom. The Labute approximate surface area is 78.7 Å². The fraction of sp³-hybridized carbons (Fsp3) is 0.286. The maximum absolute atomic E-state index is 11.1. The lowest BCUT2D eigenvalue weighted by molar-refractivity contribution is -0.127. The minimum atomic E-state index is -0.644. The molecule has 0 atom stereocenters. The van der Waals surface area contributed by atoms with Gasteiger partial charge in [0.15, 0.2) is 5.71 Å². The molecule has 0 aromatic carbocycles. The molecule has 0 aliphatic rings. The standard InChI is InChI=1S/C7H8N2O3S/c1-2-5(9-11)7(10)12-6-3-8-4-13-6/h3-4,11H,2H2,1H3. The van der Waals surface area contributed by atoms with Gasteiger partial charge >= 0.3 is 5.97 Å². The van der Waals surface area contributed by atoms with Gasteiger partial charge < -0.3 is 9.94 Å². The fourth-order valence-electron chi connectivity index (χ4n) is 0.661. The van der Waals surface area contributed by atoms with Crippen LogP contribution < -0.4 is 4.74 Å². The summed E-state index contributed by atoms with van der Waals surface area (Å²) in [5.74, 6) is -0.644. The van der Waals surface area contributed by atoms with Crippen LogP contribution in [-0.4, -0.2) is 21.9 Å². The fourth-order valence-corrected chi connectivity index (χ4v) is 1.13. The number of hydrogen-bond donors (Lipinski definition) is 1. The van der Waals surface area contributed by atoms with Crippen LogP contribution in [0.3, 0.4) is 0 Å². The minimum Gasteiger partial charge on any atom is -0.410 e. The quantitative estimate of drug-likeness (QED) is 0.345. The first-order valence-electron chi connectivity index (χ1n) is 3.59. The first kappa shape index (κ1) is 9.66. The molecule has 1 aromatic rings. The van der Waals surface area contributed by atoms with Gasteiger partial charge in [0.1, 0.15) is 0 Å². The number of hydrogen-bond acceptors (Lipinski definition) is 6. The molecule has 5 nitrogen and oxygen atoms in total. The molecule has 1 heterocycles. The molecule has 0 bridgehead atoms. The molecule has 1 rings (SSSR count). The lowest BCUT2D eigenvalue weighted by Crippen LogP contribution is -2.19. The minimum absolute atomic E-state index is 0.00611. The van der Waals surface area contributed by atoms with E-state index in [1.807, 2.05) is 0 Å². The van der Waals surface area contributed by atoms with Crippen LogP contribution in [0.5, 0.6) is 5.06 Å². The topological polar surface area (TPSA) is 71.8 Å². The number of rotatable bonds is 3. The molecule has 0 aliphatic carbocycles. The predicted octanol–water partition coefficient (Wildman–Crippen LogP) is 1.29. The summed E-state index contributed by atoms with van der Waals surface area (Å²) in [5.41, 5.74) is 1.54. The molecule has 0 spiro atoms. The van der Waals surface area contributed by atoms with Crippen molar-refractivity contribution in [1.29, 1.82) is 0 Å². The second-order valence-electron chi connectivity index (χ2n) is 2.11. The van der Waals surface area contributed by atoms with Crippen LogP contribution in [0.2, 0.25) is 0 Å². The summed E-state index contributed by atoms with van der Waals surface area (Å²) in [5, 5.41) is 11.6. The Hall–Kier alpha value is -1.43. The zero-order chi connectivity index (χ0) is 9.68. The van der Waals surface area contributed by atoms with Crippen LogP contribution in [0, 0.1) is 0 Å². The second-order valence-corrected chi connectivity index (χ2v) is 2.96. The molecule has 70 valence electrons. The molecule has 0 amide bonds. The van der Waals surface area contributed by atoms with Crippen LogP contribution in [-0.2, 0) is 4.79 Å². The van der Waals surface area contributed by atoms with E-state index in [9.17, 15) is 4.79 Å². The molecule has 6 heteroatoms. The summed E-state index contributed by atoms with van der Waals surface area (Å²) in [6.45, 7) is 1.70. The maximum atomic E-state index is 11.1. The summed E-state index contributed by atoms with van der Waals surface area (Å²) >= 11 is 1.20. The maximum Gasteiger partial charge on any atom is 0.362 e. The number of nitrogens with zero attached hydrogens (tertiary/aromatic N) is 2. The third kappa shape index (κ3) is 2.51. The van der Waals surface area contributed by atoms with E-state index in [0.29, 0.717) is 11.5 Å². The molecule has 13 heavy (non-hydrogen) atoms. The number of carbonyl (C=O) groups excluding carboxylic acids is 1. The van der Waals surface area contributed by atoms with Gasteiger partial charge in [-0.05, 0) is 6.42 Å². The van der Waals surface area contributed by atoms with Crippen molar-refractivity contribution in [3.05, 3.63) is 11.7 Å². The van der Waals surface area contributed by atoms with Crippen molar-refractivity contribution in [3.8, 4) is 5.06 Å². The first-order valence-corrected chi connectivity index (χ1v) is 4.47. The third-order valence-corrected chi connectivity index (χ3v) is 1.94. The van der Waals surface area contributed by atoms with Gasteiger partial charge in [0.05, 0.1) is 11.7 Å². The van der Waals surface area contributed by atoms with Gasteiger partial charge in [-0.25, -0.2) is 9.78 Å². The zero-order valence-electron chi connectivity index (χ0n) is 6.93. The van der Waals surface area contributed by atoms with Crippen molar-refractivity contribution >= 4 is 23.0 Å². The predicted molar refractivity (Wildman–Crippen MR) is 47.3 cm³/mol. The van der Waals surface area contributed by atoms with Crippen LogP contribution in [0.1, 0.15) is 13.3 Å². The molecular weight excluding hydrogens is 192 g/mol. The summed E-state index contributed by atoms with van der Waals surface area (Å²) < 4.78 is 4.82. The molecule has 0 unspecified atom stereocenters. The lowest BCUT2D eigenvalue weighted by Gasteiger charge is -1.99. The molecule has 1 N–H and O–H groups in total. The van der Waals surface area contributed by atoms with Crippen LogP contribution in [0.15, 0.2) is 16.9 Å². The van der Waals surface area contributed by atoms with E-state index in [0.717, 1.165) is 0 Å². The van der Waals surface area contributed by atoms with Crippen molar-refractivity contribution in [1.82, 2.24) is 4.98 Å². The van der Waals surface area contributed by atoms with Crippen molar-refractivity contribution in [3.63, 3.8) is 0 Å². The van der Waals surface area contributed by atoms with Crippen molar-refractivity contribution in [2.24, 2.45) is 5.16 Å². The van der Waals surface area contributed by atoms with Crippen molar-refractivity contribution in [2.75, 3.05) is 0 Å². The smallest absolute Gasteiger partial charge is 0.362 e. The van der Waals surface area contributed by atoms with Gasteiger partial charge in [-0.3, -0.25) is 0 Å². The lowest BCUT2D eigenvalue weighted by atomic mass is 10.3. The third-order valence-electron chi connectivity index (χ3n) is 1.29. The van der Waals surface area contributed by atoms with E-state index in [4.69, 9.17) is 9.94 Å². The van der Waals surface area contributed by atoms with E-state index >= 15 is 0 Å². The summed E-state index contributed by atoms with van der Waals surface area (Å²) in [6.07, 6.45) is 1.75. The highest BCUT2D eigenvalue weighted by atomic mass is 32.1. The molecular formula is C7H8N2O3S. The second kappa shape index (κ2) is 4.56. The number of oxime groups is 1. The van der Waals surface area contributed by atoms with E-state index < -0.39 is 5.97 Å². The average molecular weight is 200 g/mol. The van der Waals surface area contributed by atoms with Crippen LogP contribution in [0.4, 0.5) is 0 Å². The monoisotopic (exact) mass is 200 g/mol. The largest absolute Gasteiger partial charge is 0.410 e. The van der Waals surface area contributed by atoms with E-state index in [1.165, 1.54) is 17.5 Å². The summed E-state index contributed by atoms with van der Waals surface area (Å²) in [6, 6.07) is 0. The van der Waals surface area contributed by atoms with Gasteiger partial charge in [0.25, 0.3) is 0 Å². The number of carbonyl (C=O) groups is 1. The van der Waals surface area contributed by atoms with Gasteiger partial charge in [-0.1, -0.05) is 23.4 Å². The zero-order valence-corrected chi connectivity index (χ0v) is 7.74. The van der Waals surface area contributed by atoms with Crippen LogP contribution >= 0.6 is 11.3 Å². The first-order chi connectivity index (χ1) is 6.27. The van der Waals surface area contributed by atoms with E-state index in [2.05, 4.69) is 10.1 Å². The van der Waals surface area contributed by atoms with Gasteiger partial charge in [0.2, 0.25) is 5.06 Å². The molecule has 0 saturated carbocycles. The van der Waals surface area contributed by atoms with E-state index in [-0.39, 0.29) is 5.71 Å². The molecule has 0 fully saturated rings. The van der Waals surface area contributed by atoms with Crippen molar-refractivity contribution < 1.29 is 14.7 Å². The normalized spacial score (nSPS) is 11.3. The molecule has 1 aromatic heterocycles. The molecule has 0 aliphatic heterocycles. The van der Waals surface area contributed by atoms with Crippen LogP contribution in [0.25, 0.3) is 0 Å². The van der Waals surface area contributed by atoms with Gasteiger partial charge in [0, 0.05) is 0 Å². The Balaban J connectivity index is 2.60. The van der Waals surface area contributed by atoms with Crippen molar-refractivity contribution in [2.45, 2.75) is 13.3 Å². The highest BCUT2D eigenvalue weighted by Crippen LogP contribution is 2.15. The average Bonchev–Trinajstić information content (AvgIpc) is 2.59. The Morgan fingerprint density at radius 2 is 2.62 bits per heavy atom. The Kier molecular flexibility index (Phi) is 3.39. The SMILES string of the molecule is CCC(=NO)C(=O)Oc1cncs1. The number of ether oxygens (including phenoxy) is 1. The number of esters is 1. The Bertz CT molecular complexity index is 308. The molecule has 0 saturated heterocycles. The number of thiazole rings is 1. The summed E-state index contributed by atoms with van der Waals surface area (Å²) in [7, 11) is 0. The highest BCUT2D eigenvalue weighted by molar-refractivity contribution is 7.11. The molecule has 0 radical (unpaired) electrons.